The van der Waals surface area contributed by atoms with E-state index >= 15 is 0 Å². The van der Waals surface area contributed by atoms with Crippen LogP contribution in [0.15, 0.2) is 42.5 Å². The molecule has 26 heavy (non-hydrogen) atoms. The Balaban J connectivity index is 1.68. The first-order chi connectivity index (χ1) is 12.6. The second kappa shape index (κ2) is 7.97. The minimum atomic E-state index is -0.506. The molecular formula is C19H19FN2O4. The zero-order chi connectivity index (χ0) is 18.5. The third kappa shape index (κ3) is 4.18. The van der Waals surface area contributed by atoms with Crippen LogP contribution in [0.25, 0.3) is 11.1 Å². The van der Waals surface area contributed by atoms with Crippen molar-refractivity contribution in [2.24, 2.45) is 0 Å². The van der Waals surface area contributed by atoms with Gasteiger partial charge in [0.1, 0.15) is 11.9 Å². The Morgan fingerprint density at radius 3 is 2.85 bits per heavy atom. The van der Waals surface area contributed by atoms with E-state index in [-0.39, 0.29) is 31.0 Å². The summed E-state index contributed by atoms with van der Waals surface area (Å²) >= 11 is 0. The molecule has 0 saturated carbocycles. The summed E-state index contributed by atoms with van der Waals surface area (Å²) in [6.45, 7) is 0.389. The van der Waals surface area contributed by atoms with E-state index in [0.29, 0.717) is 23.2 Å². The van der Waals surface area contributed by atoms with Gasteiger partial charge in [-0.2, -0.15) is 0 Å². The summed E-state index contributed by atoms with van der Waals surface area (Å²) in [6.07, 6.45) is -1.04. The van der Waals surface area contributed by atoms with Crippen LogP contribution in [0, 0.1) is 5.82 Å². The molecule has 7 heteroatoms. The van der Waals surface area contributed by atoms with Crippen LogP contribution in [0.1, 0.15) is 11.1 Å². The maximum absolute atomic E-state index is 14.8. The fourth-order valence-corrected chi connectivity index (χ4v) is 2.79. The van der Waals surface area contributed by atoms with Crippen molar-refractivity contribution in [3.8, 4) is 11.1 Å². The molecule has 0 spiro atoms. The number of hydrogen-bond acceptors (Lipinski definition) is 4. The number of alkyl carbamates (subject to hydrolysis) is 1. The van der Waals surface area contributed by atoms with Gasteiger partial charge in [-0.15, -0.1) is 0 Å². The molecule has 2 aromatic carbocycles. The predicted octanol–water partition coefficient (Wildman–Crippen LogP) is 1.75. The van der Waals surface area contributed by atoms with Gasteiger partial charge in [-0.25, -0.2) is 9.18 Å². The van der Waals surface area contributed by atoms with E-state index in [1.54, 1.807) is 42.5 Å². The molecular weight excluding hydrogens is 339 g/mol. The number of ether oxygens (including phenoxy) is 1. The predicted molar refractivity (Wildman–Crippen MR) is 92.7 cm³/mol. The van der Waals surface area contributed by atoms with E-state index in [0.717, 1.165) is 0 Å². The van der Waals surface area contributed by atoms with Crippen LogP contribution in [-0.2, 0) is 22.6 Å². The third-order valence-corrected chi connectivity index (χ3v) is 4.12. The van der Waals surface area contributed by atoms with Gasteiger partial charge in [0.2, 0.25) is 5.91 Å². The smallest absolute Gasteiger partial charge is 0.407 e. The zero-order valence-electron chi connectivity index (χ0n) is 14.0. The van der Waals surface area contributed by atoms with Crippen molar-refractivity contribution in [3.05, 3.63) is 59.4 Å². The average molecular weight is 358 g/mol. The molecule has 0 bridgehead atoms. The Labute approximate surface area is 150 Å². The summed E-state index contributed by atoms with van der Waals surface area (Å²) in [5.41, 5.74) is 1.97. The van der Waals surface area contributed by atoms with Crippen LogP contribution in [0.3, 0.4) is 0 Å². The Morgan fingerprint density at radius 1 is 1.31 bits per heavy atom. The normalized spacial score (nSPS) is 16.1. The number of rotatable bonds is 6. The van der Waals surface area contributed by atoms with Gasteiger partial charge in [0.15, 0.2) is 0 Å². The molecule has 1 aliphatic heterocycles. The summed E-state index contributed by atoms with van der Waals surface area (Å²) in [4.78, 5) is 23.0. The highest BCUT2D eigenvalue weighted by Gasteiger charge is 2.23. The molecule has 1 saturated heterocycles. The lowest BCUT2D eigenvalue weighted by Crippen LogP contribution is -2.35. The Bertz CT molecular complexity index is 825. The molecule has 2 aromatic rings. The minimum Gasteiger partial charge on any atom is -0.442 e. The Hall–Kier alpha value is -2.93. The number of hydrogen-bond donors (Lipinski definition) is 3. The zero-order valence-corrected chi connectivity index (χ0v) is 14.0. The van der Waals surface area contributed by atoms with Crippen molar-refractivity contribution < 1.29 is 23.8 Å². The number of halogens is 1. The number of cyclic esters (lactones) is 1. The van der Waals surface area contributed by atoms with E-state index in [4.69, 9.17) is 4.74 Å². The standard InChI is InChI=1S/C19H19FN2O4/c20-18-14(8-17(24)21-9-15-10-22-19(25)26-15)5-2-6-16(18)13-4-1-3-12(7-13)11-23/h1-7,15,23H,8-11H2,(H,21,24)(H,22,25)/t15-/m1/s1. The van der Waals surface area contributed by atoms with E-state index in [1.165, 1.54) is 0 Å². The Morgan fingerprint density at radius 2 is 2.12 bits per heavy atom. The van der Waals surface area contributed by atoms with Crippen LogP contribution in [0.2, 0.25) is 0 Å². The van der Waals surface area contributed by atoms with Crippen molar-refractivity contribution >= 4 is 12.0 Å². The van der Waals surface area contributed by atoms with E-state index in [1.807, 2.05) is 0 Å². The highest BCUT2D eigenvalue weighted by Crippen LogP contribution is 2.26. The largest absolute Gasteiger partial charge is 0.442 e. The summed E-state index contributed by atoms with van der Waals surface area (Å²) < 4.78 is 19.8. The van der Waals surface area contributed by atoms with Gasteiger partial charge < -0.3 is 20.5 Å². The second-order valence-corrected chi connectivity index (χ2v) is 6.03. The van der Waals surface area contributed by atoms with Crippen molar-refractivity contribution in [1.29, 1.82) is 0 Å². The van der Waals surface area contributed by atoms with Crippen LogP contribution >= 0.6 is 0 Å². The topological polar surface area (TPSA) is 87.7 Å². The van der Waals surface area contributed by atoms with Crippen LogP contribution in [0.4, 0.5) is 9.18 Å². The van der Waals surface area contributed by atoms with Crippen molar-refractivity contribution in [3.63, 3.8) is 0 Å². The molecule has 3 N–H and O–H groups in total. The number of aliphatic hydroxyl groups excluding tert-OH is 1. The van der Waals surface area contributed by atoms with Crippen LogP contribution in [-0.4, -0.2) is 36.3 Å². The second-order valence-electron chi connectivity index (χ2n) is 6.03. The van der Waals surface area contributed by atoms with Gasteiger partial charge in [-0.1, -0.05) is 36.4 Å². The average Bonchev–Trinajstić information content (AvgIpc) is 3.07. The third-order valence-electron chi connectivity index (χ3n) is 4.12. The van der Waals surface area contributed by atoms with Gasteiger partial charge >= 0.3 is 6.09 Å². The first-order valence-electron chi connectivity index (χ1n) is 8.25. The van der Waals surface area contributed by atoms with Crippen molar-refractivity contribution in [1.82, 2.24) is 10.6 Å². The number of carbonyl (C=O) groups is 2. The highest BCUT2D eigenvalue weighted by atomic mass is 19.1. The lowest BCUT2D eigenvalue weighted by molar-refractivity contribution is -0.120. The van der Waals surface area contributed by atoms with E-state index in [9.17, 15) is 19.1 Å². The fourth-order valence-electron chi connectivity index (χ4n) is 2.79. The van der Waals surface area contributed by atoms with Gasteiger partial charge in [-0.05, 0) is 22.8 Å². The molecule has 1 atom stereocenters. The lowest BCUT2D eigenvalue weighted by Gasteiger charge is -2.11. The first kappa shape index (κ1) is 17.9. The lowest BCUT2D eigenvalue weighted by atomic mass is 9.99. The molecule has 0 unspecified atom stereocenters. The number of nitrogens with one attached hydrogen (secondary N) is 2. The van der Waals surface area contributed by atoms with Gasteiger partial charge in [0.25, 0.3) is 0 Å². The van der Waals surface area contributed by atoms with Crippen LogP contribution in [0.5, 0.6) is 0 Å². The SMILES string of the molecule is O=C(Cc1cccc(-c2cccc(CO)c2)c1F)NC[C@@H]1CNC(=O)O1. The summed E-state index contributed by atoms with van der Waals surface area (Å²) in [5, 5.41) is 14.4. The van der Waals surface area contributed by atoms with E-state index < -0.39 is 18.0 Å². The monoisotopic (exact) mass is 358 g/mol. The molecule has 3 rings (SSSR count). The summed E-state index contributed by atoms with van der Waals surface area (Å²) in [5.74, 6) is -0.820. The molecule has 2 amide bonds. The van der Waals surface area contributed by atoms with Crippen molar-refractivity contribution in [2.45, 2.75) is 19.1 Å². The molecule has 136 valence electrons. The number of carbonyl (C=O) groups excluding carboxylic acids is 2. The maximum atomic E-state index is 14.8. The first-order valence-corrected chi connectivity index (χ1v) is 8.25. The van der Waals surface area contributed by atoms with Gasteiger partial charge in [0, 0.05) is 5.56 Å². The quantitative estimate of drug-likeness (QED) is 0.734. The number of amides is 2. The molecule has 0 aromatic heterocycles. The van der Waals surface area contributed by atoms with Crippen molar-refractivity contribution in [2.75, 3.05) is 13.1 Å². The summed E-state index contributed by atoms with van der Waals surface area (Å²) in [6, 6.07) is 11.9. The molecule has 1 heterocycles. The molecule has 0 radical (unpaired) electrons. The maximum Gasteiger partial charge on any atom is 0.407 e. The number of benzene rings is 2. The van der Waals surface area contributed by atoms with E-state index in [2.05, 4.69) is 10.6 Å². The molecule has 1 aliphatic rings. The number of aliphatic hydroxyl groups is 1. The molecule has 0 aliphatic carbocycles. The summed E-state index contributed by atoms with van der Waals surface area (Å²) in [7, 11) is 0. The van der Waals surface area contributed by atoms with Gasteiger partial charge in [0.05, 0.1) is 26.1 Å². The Kier molecular flexibility index (Phi) is 5.48. The molecule has 1 fully saturated rings. The fraction of sp³-hybridized carbons (Fsp3) is 0.263. The van der Waals surface area contributed by atoms with Gasteiger partial charge in [-0.3, -0.25) is 4.79 Å². The highest BCUT2D eigenvalue weighted by molar-refractivity contribution is 5.79. The minimum absolute atomic E-state index is 0.118. The van der Waals surface area contributed by atoms with Crippen LogP contribution < -0.4 is 10.6 Å². The molecule has 6 nitrogen and oxygen atoms in total.